The van der Waals surface area contributed by atoms with E-state index in [9.17, 15) is 4.79 Å². The second-order valence-corrected chi connectivity index (χ2v) is 8.39. The van der Waals surface area contributed by atoms with Crippen LogP contribution in [0, 0.1) is 13.8 Å². The number of carbonyl (C=O) groups is 1. The van der Waals surface area contributed by atoms with Crippen LogP contribution < -0.4 is 4.74 Å². The van der Waals surface area contributed by atoms with Crippen LogP contribution in [0.3, 0.4) is 0 Å². The second kappa shape index (κ2) is 11.7. The van der Waals surface area contributed by atoms with E-state index in [1.165, 1.54) is 56.3 Å². The van der Waals surface area contributed by atoms with Crippen molar-refractivity contribution < 1.29 is 9.53 Å². The Morgan fingerprint density at radius 1 is 0.964 bits per heavy atom. The molecule has 2 heterocycles. The molecule has 0 aliphatic carbocycles. The number of amides is 1. The van der Waals surface area contributed by atoms with E-state index in [2.05, 4.69) is 29.7 Å². The van der Waals surface area contributed by atoms with Crippen molar-refractivity contribution in [2.75, 3.05) is 32.8 Å². The summed E-state index contributed by atoms with van der Waals surface area (Å²) in [6.07, 6.45) is 10.0. The molecule has 0 bridgehead atoms. The number of nitrogens with zero attached hydrogens (tertiary/aromatic N) is 2. The van der Waals surface area contributed by atoms with Gasteiger partial charge in [-0.3, -0.25) is 4.79 Å². The maximum absolute atomic E-state index is 12.8. The summed E-state index contributed by atoms with van der Waals surface area (Å²) in [5.41, 5.74) is 2.34. The van der Waals surface area contributed by atoms with Gasteiger partial charge in [0, 0.05) is 19.1 Å². The lowest BCUT2D eigenvalue weighted by Gasteiger charge is -2.37. The van der Waals surface area contributed by atoms with E-state index in [1.807, 2.05) is 12.1 Å². The van der Waals surface area contributed by atoms with Crippen molar-refractivity contribution in [3.8, 4) is 5.75 Å². The standard InChI is InChI=1S/C23H36N2O2.ClH/c1-19-15-20(2)17-22(16-19)27-18-23(26)25-13-8-5-9-21(25)10-14-24-11-6-3-4-7-12-24;/h15-17,21H,3-14,18H2,1-2H3;1H. The van der Waals surface area contributed by atoms with Crippen molar-refractivity contribution in [1.29, 1.82) is 0 Å². The molecule has 5 heteroatoms. The molecule has 0 saturated carbocycles. The Morgan fingerprint density at radius 2 is 1.61 bits per heavy atom. The average Bonchev–Trinajstić information content (AvgIpc) is 2.93. The van der Waals surface area contributed by atoms with Crippen LogP contribution in [0.2, 0.25) is 0 Å². The van der Waals surface area contributed by atoms with E-state index in [0.29, 0.717) is 6.04 Å². The molecule has 158 valence electrons. The molecular weight excluding hydrogens is 372 g/mol. The van der Waals surface area contributed by atoms with E-state index in [1.54, 1.807) is 0 Å². The van der Waals surface area contributed by atoms with Gasteiger partial charge in [0.15, 0.2) is 6.61 Å². The molecule has 28 heavy (non-hydrogen) atoms. The van der Waals surface area contributed by atoms with Gasteiger partial charge in [0.2, 0.25) is 0 Å². The van der Waals surface area contributed by atoms with Crippen molar-refractivity contribution in [1.82, 2.24) is 9.80 Å². The highest BCUT2D eigenvalue weighted by Crippen LogP contribution is 2.22. The van der Waals surface area contributed by atoms with E-state index < -0.39 is 0 Å². The van der Waals surface area contributed by atoms with Gasteiger partial charge < -0.3 is 14.5 Å². The summed E-state index contributed by atoms with van der Waals surface area (Å²) in [5.74, 6) is 0.953. The van der Waals surface area contributed by atoms with E-state index in [-0.39, 0.29) is 24.9 Å². The summed E-state index contributed by atoms with van der Waals surface area (Å²) in [5, 5.41) is 0. The van der Waals surface area contributed by atoms with Gasteiger partial charge >= 0.3 is 0 Å². The number of halogens is 1. The molecule has 3 rings (SSSR count). The molecule has 1 amide bonds. The zero-order valence-electron chi connectivity index (χ0n) is 17.6. The zero-order chi connectivity index (χ0) is 19.1. The summed E-state index contributed by atoms with van der Waals surface area (Å²) in [6.45, 7) is 8.76. The third-order valence-electron chi connectivity index (χ3n) is 5.98. The lowest BCUT2D eigenvalue weighted by molar-refractivity contribution is -0.137. The van der Waals surface area contributed by atoms with E-state index >= 15 is 0 Å². The van der Waals surface area contributed by atoms with Gasteiger partial charge in [-0.2, -0.15) is 0 Å². The topological polar surface area (TPSA) is 32.8 Å². The lowest BCUT2D eigenvalue weighted by atomic mass is 9.99. The Labute approximate surface area is 177 Å². The number of likely N-dealkylation sites (tertiary alicyclic amines) is 2. The van der Waals surface area contributed by atoms with Crippen molar-refractivity contribution >= 4 is 18.3 Å². The van der Waals surface area contributed by atoms with Gasteiger partial charge in [0.1, 0.15) is 5.75 Å². The Balaban J connectivity index is 0.00000280. The quantitative estimate of drug-likeness (QED) is 0.680. The Hall–Kier alpha value is -1.26. The number of hydrogen-bond acceptors (Lipinski definition) is 3. The molecular formula is C23H37ClN2O2. The van der Waals surface area contributed by atoms with Crippen molar-refractivity contribution in [3.05, 3.63) is 29.3 Å². The summed E-state index contributed by atoms with van der Waals surface area (Å²) >= 11 is 0. The number of aryl methyl sites for hydroxylation is 2. The molecule has 1 atom stereocenters. The number of piperidine rings is 1. The molecule has 0 N–H and O–H groups in total. The number of benzene rings is 1. The first-order valence-electron chi connectivity index (χ1n) is 10.8. The molecule has 0 radical (unpaired) electrons. The summed E-state index contributed by atoms with van der Waals surface area (Å²) in [7, 11) is 0. The monoisotopic (exact) mass is 408 g/mol. The molecule has 1 aromatic carbocycles. The predicted molar refractivity (Wildman–Crippen MR) is 118 cm³/mol. The Bertz CT molecular complexity index is 594. The first-order valence-corrected chi connectivity index (χ1v) is 10.8. The van der Waals surface area contributed by atoms with Gasteiger partial charge in [0.05, 0.1) is 0 Å². The number of carbonyl (C=O) groups excluding carboxylic acids is 1. The summed E-state index contributed by atoms with van der Waals surface area (Å²) in [6, 6.07) is 6.52. The molecule has 2 fully saturated rings. The second-order valence-electron chi connectivity index (χ2n) is 8.39. The highest BCUT2D eigenvalue weighted by atomic mass is 35.5. The van der Waals surface area contributed by atoms with Crippen molar-refractivity contribution in [3.63, 3.8) is 0 Å². The minimum absolute atomic E-state index is 0. The van der Waals surface area contributed by atoms with Crippen LogP contribution in [0.15, 0.2) is 18.2 Å². The average molecular weight is 409 g/mol. The van der Waals surface area contributed by atoms with Crippen LogP contribution in [0.25, 0.3) is 0 Å². The highest BCUT2D eigenvalue weighted by molar-refractivity contribution is 5.85. The van der Waals surface area contributed by atoms with Crippen LogP contribution in [-0.4, -0.2) is 54.5 Å². The van der Waals surface area contributed by atoms with Crippen LogP contribution in [-0.2, 0) is 4.79 Å². The molecule has 1 aromatic rings. The summed E-state index contributed by atoms with van der Waals surface area (Å²) in [4.78, 5) is 17.6. The van der Waals surface area contributed by atoms with Gasteiger partial charge in [-0.25, -0.2) is 0 Å². The predicted octanol–water partition coefficient (Wildman–Crippen LogP) is 4.75. The Kier molecular flexibility index (Phi) is 9.60. The SMILES string of the molecule is Cc1cc(C)cc(OCC(=O)N2CCCCC2CCN2CCCCCC2)c1.Cl. The maximum Gasteiger partial charge on any atom is 0.260 e. The molecule has 2 aliphatic heterocycles. The van der Waals surface area contributed by atoms with Crippen LogP contribution in [0.5, 0.6) is 5.75 Å². The van der Waals surface area contributed by atoms with Gasteiger partial charge in [-0.1, -0.05) is 18.9 Å². The van der Waals surface area contributed by atoms with Gasteiger partial charge in [-0.15, -0.1) is 12.4 Å². The Morgan fingerprint density at radius 3 is 2.29 bits per heavy atom. The molecule has 2 saturated heterocycles. The highest BCUT2D eigenvalue weighted by Gasteiger charge is 2.27. The fourth-order valence-corrected chi connectivity index (χ4v) is 4.56. The minimum atomic E-state index is 0. The third kappa shape index (κ3) is 6.97. The largest absolute Gasteiger partial charge is 0.484 e. The normalized spacial score (nSPS) is 20.9. The first kappa shape index (κ1) is 23.0. The van der Waals surface area contributed by atoms with Crippen LogP contribution in [0.4, 0.5) is 0 Å². The minimum Gasteiger partial charge on any atom is -0.484 e. The van der Waals surface area contributed by atoms with Gasteiger partial charge in [-0.05, 0) is 88.7 Å². The maximum atomic E-state index is 12.8. The molecule has 2 aliphatic rings. The zero-order valence-corrected chi connectivity index (χ0v) is 18.4. The molecule has 0 aromatic heterocycles. The van der Waals surface area contributed by atoms with E-state index in [4.69, 9.17) is 4.74 Å². The third-order valence-corrected chi connectivity index (χ3v) is 5.98. The van der Waals surface area contributed by atoms with Crippen LogP contribution >= 0.6 is 12.4 Å². The number of rotatable bonds is 6. The lowest BCUT2D eigenvalue weighted by Crippen LogP contribution is -2.47. The van der Waals surface area contributed by atoms with Crippen LogP contribution in [0.1, 0.15) is 62.5 Å². The fourth-order valence-electron chi connectivity index (χ4n) is 4.56. The van der Waals surface area contributed by atoms with Crippen molar-refractivity contribution in [2.45, 2.75) is 71.3 Å². The number of hydrogen-bond donors (Lipinski definition) is 0. The number of ether oxygens (including phenoxy) is 1. The first-order chi connectivity index (χ1) is 13.1. The van der Waals surface area contributed by atoms with Gasteiger partial charge in [0.25, 0.3) is 5.91 Å². The van der Waals surface area contributed by atoms with E-state index in [0.717, 1.165) is 38.1 Å². The smallest absolute Gasteiger partial charge is 0.260 e. The summed E-state index contributed by atoms with van der Waals surface area (Å²) < 4.78 is 5.84. The molecule has 0 spiro atoms. The fraction of sp³-hybridized carbons (Fsp3) is 0.696. The molecule has 4 nitrogen and oxygen atoms in total. The molecule has 1 unspecified atom stereocenters. The van der Waals surface area contributed by atoms with Crippen molar-refractivity contribution in [2.24, 2.45) is 0 Å².